The fourth-order valence-corrected chi connectivity index (χ4v) is 3.69. The van der Waals surface area contributed by atoms with Gasteiger partial charge >= 0.3 is 0 Å². The number of carbonyl (C=O) groups excluding carboxylic acids is 2. The maximum Gasteiger partial charge on any atom is 0.141 e. The van der Waals surface area contributed by atoms with Crippen LogP contribution in [0.2, 0.25) is 0 Å². The first-order valence-corrected chi connectivity index (χ1v) is 7.91. The molecule has 2 aromatic carbocycles. The molecule has 0 saturated heterocycles. The largest absolute Gasteiger partial charge is 0.496 e. The van der Waals surface area contributed by atoms with E-state index in [0.29, 0.717) is 11.5 Å². The Morgan fingerprint density at radius 3 is 1.58 bits per heavy atom. The molecule has 0 unspecified atom stereocenters. The predicted molar refractivity (Wildman–Crippen MR) is 90.6 cm³/mol. The van der Waals surface area contributed by atoms with Gasteiger partial charge in [-0.25, -0.2) is 0 Å². The molecule has 0 aromatic heterocycles. The maximum atomic E-state index is 12.3. The van der Waals surface area contributed by atoms with Crippen molar-refractivity contribution in [2.75, 3.05) is 14.2 Å². The van der Waals surface area contributed by atoms with Crippen molar-refractivity contribution >= 4 is 11.6 Å². The van der Waals surface area contributed by atoms with E-state index in [1.165, 1.54) is 0 Å². The molecule has 0 radical (unpaired) electrons. The van der Waals surface area contributed by atoms with E-state index in [2.05, 4.69) is 0 Å². The highest BCUT2D eigenvalue weighted by molar-refractivity contribution is 6.04. The zero-order valence-electron chi connectivity index (χ0n) is 13.9. The summed E-state index contributed by atoms with van der Waals surface area (Å²) in [5.74, 6) is 1.24. The minimum absolute atomic E-state index is 0.00600. The van der Waals surface area contributed by atoms with Gasteiger partial charge in [-0.3, -0.25) is 9.59 Å². The Labute approximate surface area is 141 Å². The van der Waals surface area contributed by atoms with E-state index >= 15 is 0 Å². The van der Waals surface area contributed by atoms with Crippen LogP contribution in [0.3, 0.4) is 0 Å². The second-order valence-corrected chi connectivity index (χ2v) is 6.09. The Kier molecular flexibility index (Phi) is 4.38. The van der Waals surface area contributed by atoms with Crippen LogP contribution in [0.1, 0.15) is 30.4 Å². The summed E-state index contributed by atoms with van der Waals surface area (Å²) in [5.41, 5.74) is 0.933. The second kappa shape index (κ2) is 6.48. The zero-order valence-corrected chi connectivity index (χ0v) is 13.9. The molecule has 1 aliphatic rings. The predicted octanol–water partition coefficient (Wildman–Crippen LogP) is 3.31. The number of para-hydroxylation sites is 2. The number of hydrogen-bond donors (Lipinski definition) is 0. The lowest BCUT2D eigenvalue weighted by molar-refractivity contribution is -0.131. The third-order valence-electron chi connectivity index (χ3n) is 4.64. The number of ketones is 2. The summed E-state index contributed by atoms with van der Waals surface area (Å²) < 4.78 is 11.1. The van der Waals surface area contributed by atoms with Crippen molar-refractivity contribution in [2.24, 2.45) is 0 Å². The molecule has 0 amide bonds. The fourth-order valence-electron chi connectivity index (χ4n) is 3.69. The van der Waals surface area contributed by atoms with Gasteiger partial charge in [0.2, 0.25) is 0 Å². The summed E-state index contributed by atoms with van der Waals surface area (Å²) in [7, 11) is 3.20. The fraction of sp³-hybridized carbons (Fsp3) is 0.300. The zero-order chi connectivity index (χ0) is 17.2. The Balaban J connectivity index is 2.29. The molecule has 0 bridgehead atoms. The van der Waals surface area contributed by atoms with Gasteiger partial charge in [0.15, 0.2) is 0 Å². The van der Waals surface area contributed by atoms with E-state index in [-0.39, 0.29) is 30.8 Å². The molecule has 1 aliphatic carbocycles. The quantitative estimate of drug-likeness (QED) is 0.810. The first-order chi connectivity index (χ1) is 11.6. The van der Waals surface area contributed by atoms with Crippen LogP contribution in [0.4, 0.5) is 0 Å². The van der Waals surface area contributed by atoms with Gasteiger partial charge in [0.1, 0.15) is 23.1 Å². The second-order valence-electron chi connectivity index (χ2n) is 6.09. The number of methoxy groups -OCH3 is 2. The monoisotopic (exact) mass is 324 g/mol. The molecule has 0 spiro atoms. The van der Waals surface area contributed by atoms with E-state index in [1.54, 1.807) is 14.2 Å². The smallest absolute Gasteiger partial charge is 0.141 e. The number of carbonyl (C=O) groups is 2. The molecule has 3 rings (SSSR count). The molecule has 124 valence electrons. The normalized spacial score (nSPS) is 16.8. The molecule has 4 nitrogen and oxygen atoms in total. The molecule has 24 heavy (non-hydrogen) atoms. The van der Waals surface area contributed by atoms with Crippen LogP contribution in [0.5, 0.6) is 11.5 Å². The van der Waals surface area contributed by atoms with Gasteiger partial charge in [-0.05, 0) is 12.1 Å². The average molecular weight is 324 g/mol. The highest BCUT2D eigenvalue weighted by Crippen LogP contribution is 2.48. The minimum Gasteiger partial charge on any atom is -0.496 e. The Hall–Kier alpha value is -2.62. The summed E-state index contributed by atoms with van der Waals surface area (Å²) in [4.78, 5) is 24.7. The van der Waals surface area contributed by atoms with Crippen molar-refractivity contribution < 1.29 is 19.1 Å². The van der Waals surface area contributed by atoms with Gasteiger partial charge in [0, 0.05) is 29.4 Å². The van der Waals surface area contributed by atoms with E-state index in [4.69, 9.17) is 9.47 Å². The summed E-state index contributed by atoms with van der Waals surface area (Å²) in [5, 5.41) is 0. The standard InChI is InChI=1S/C20H20O4/c1-23-18-9-5-3-7-16(18)20(12-14(21)11-15(22)13-20)17-8-4-6-10-19(17)24-2/h3-10H,11-13H2,1-2H3. The summed E-state index contributed by atoms with van der Waals surface area (Å²) in [6.07, 6.45) is 0.533. The van der Waals surface area contributed by atoms with Crippen LogP contribution in [-0.4, -0.2) is 25.8 Å². The number of rotatable bonds is 4. The molecule has 1 saturated carbocycles. The minimum atomic E-state index is -0.758. The summed E-state index contributed by atoms with van der Waals surface area (Å²) >= 11 is 0. The van der Waals surface area contributed by atoms with E-state index in [0.717, 1.165) is 11.1 Å². The molecule has 1 fully saturated rings. The third kappa shape index (κ3) is 2.68. The van der Waals surface area contributed by atoms with Crippen molar-refractivity contribution in [2.45, 2.75) is 24.7 Å². The molecule has 0 atom stereocenters. The number of hydrogen-bond acceptors (Lipinski definition) is 4. The number of benzene rings is 2. The molecule has 0 heterocycles. The van der Waals surface area contributed by atoms with Crippen LogP contribution in [-0.2, 0) is 15.0 Å². The Morgan fingerprint density at radius 2 is 1.17 bits per heavy atom. The Bertz CT molecular complexity index is 713. The van der Waals surface area contributed by atoms with E-state index < -0.39 is 5.41 Å². The van der Waals surface area contributed by atoms with Crippen LogP contribution < -0.4 is 9.47 Å². The first-order valence-electron chi connectivity index (χ1n) is 7.91. The van der Waals surface area contributed by atoms with Crippen molar-refractivity contribution in [1.82, 2.24) is 0 Å². The van der Waals surface area contributed by atoms with Crippen molar-refractivity contribution in [3.8, 4) is 11.5 Å². The lowest BCUT2D eigenvalue weighted by Gasteiger charge is -2.38. The van der Waals surface area contributed by atoms with Crippen LogP contribution in [0, 0.1) is 0 Å². The van der Waals surface area contributed by atoms with Gasteiger partial charge < -0.3 is 9.47 Å². The van der Waals surface area contributed by atoms with Gasteiger partial charge in [0.25, 0.3) is 0 Å². The highest BCUT2D eigenvalue weighted by Gasteiger charge is 2.45. The van der Waals surface area contributed by atoms with Gasteiger partial charge in [-0.1, -0.05) is 36.4 Å². The first kappa shape index (κ1) is 16.2. The highest BCUT2D eigenvalue weighted by atomic mass is 16.5. The van der Waals surface area contributed by atoms with Crippen molar-refractivity contribution in [1.29, 1.82) is 0 Å². The van der Waals surface area contributed by atoms with Crippen LogP contribution in [0.15, 0.2) is 48.5 Å². The molecule has 2 aromatic rings. The molecule has 0 N–H and O–H groups in total. The molecular weight excluding hydrogens is 304 g/mol. The molecular formula is C20H20O4. The lowest BCUT2D eigenvalue weighted by Crippen LogP contribution is -2.39. The molecule has 0 aliphatic heterocycles. The SMILES string of the molecule is COc1ccccc1C1(c2ccccc2OC)CC(=O)CC(=O)C1. The number of Topliss-reactive ketones (excluding diaryl/α,β-unsaturated/α-hetero) is 2. The lowest BCUT2D eigenvalue weighted by atomic mass is 9.64. The topological polar surface area (TPSA) is 52.6 Å². The van der Waals surface area contributed by atoms with Gasteiger partial charge in [0.05, 0.1) is 20.6 Å². The van der Waals surface area contributed by atoms with Crippen LogP contribution >= 0.6 is 0 Å². The van der Waals surface area contributed by atoms with Gasteiger partial charge in [-0.15, -0.1) is 0 Å². The molecule has 4 heteroatoms. The summed E-state index contributed by atoms with van der Waals surface area (Å²) in [6, 6.07) is 15.1. The average Bonchev–Trinajstić information content (AvgIpc) is 2.60. The van der Waals surface area contributed by atoms with Crippen molar-refractivity contribution in [3.05, 3.63) is 59.7 Å². The van der Waals surface area contributed by atoms with Gasteiger partial charge in [-0.2, -0.15) is 0 Å². The summed E-state index contributed by atoms with van der Waals surface area (Å²) in [6.45, 7) is 0. The maximum absolute atomic E-state index is 12.3. The third-order valence-corrected chi connectivity index (χ3v) is 4.64. The number of ether oxygens (including phenoxy) is 2. The Morgan fingerprint density at radius 1 is 0.750 bits per heavy atom. The van der Waals surface area contributed by atoms with Crippen molar-refractivity contribution in [3.63, 3.8) is 0 Å². The van der Waals surface area contributed by atoms with Crippen LogP contribution in [0.25, 0.3) is 0 Å². The van der Waals surface area contributed by atoms with E-state index in [1.807, 2.05) is 48.5 Å². The van der Waals surface area contributed by atoms with E-state index in [9.17, 15) is 9.59 Å².